The average molecular weight is 291 g/mol. The molecule has 0 saturated heterocycles. The quantitative estimate of drug-likeness (QED) is 0.757. The Morgan fingerprint density at radius 2 is 1.75 bits per heavy atom. The van der Waals surface area contributed by atoms with Crippen LogP contribution in [0.4, 0.5) is 5.69 Å². The zero-order valence-electron chi connectivity index (χ0n) is 10.7. The summed E-state index contributed by atoms with van der Waals surface area (Å²) in [6.45, 7) is 0.130. The Kier molecular flexibility index (Phi) is 4.61. The lowest BCUT2D eigenvalue weighted by atomic mass is 10.1. The third-order valence-corrected chi connectivity index (χ3v) is 3.14. The third kappa shape index (κ3) is 3.73. The van der Waals surface area contributed by atoms with Crippen molar-refractivity contribution in [2.75, 3.05) is 12.3 Å². The summed E-state index contributed by atoms with van der Waals surface area (Å²) in [6, 6.07) is 13.4. The average Bonchev–Trinajstić information content (AvgIpc) is 2.46. The fourth-order valence-electron chi connectivity index (χ4n) is 1.73. The molecule has 4 nitrogen and oxygen atoms in total. The number of benzene rings is 2. The highest BCUT2D eigenvalue weighted by atomic mass is 35.5. The van der Waals surface area contributed by atoms with Crippen molar-refractivity contribution in [1.29, 1.82) is 0 Å². The first kappa shape index (κ1) is 14.4. The molecule has 0 fully saturated rings. The lowest BCUT2D eigenvalue weighted by Gasteiger charge is -2.12. The molecule has 2 aromatic rings. The molecule has 0 aliphatic rings. The number of halogens is 1. The molecule has 1 atom stereocenters. The van der Waals surface area contributed by atoms with E-state index in [0.717, 1.165) is 0 Å². The molecule has 0 aliphatic carbocycles. The Bertz CT molecular complexity index is 582. The fraction of sp³-hybridized carbons (Fsp3) is 0.133. The molecule has 0 aliphatic heterocycles. The van der Waals surface area contributed by atoms with Crippen LogP contribution in [0.2, 0.25) is 5.02 Å². The van der Waals surface area contributed by atoms with E-state index in [0.29, 0.717) is 21.8 Å². The number of carbonyl (C=O) groups is 1. The maximum absolute atomic E-state index is 11.9. The SMILES string of the molecule is Nc1ccc(C(O)CNC(=O)c2ccc(Cl)cc2)cc1. The van der Waals surface area contributed by atoms with Gasteiger partial charge in [0, 0.05) is 22.8 Å². The summed E-state index contributed by atoms with van der Waals surface area (Å²) in [6.07, 6.45) is -0.771. The van der Waals surface area contributed by atoms with Crippen molar-refractivity contribution in [2.24, 2.45) is 0 Å². The number of nitrogen functional groups attached to an aromatic ring is 1. The highest BCUT2D eigenvalue weighted by molar-refractivity contribution is 6.30. The number of nitrogens with two attached hydrogens (primary N) is 1. The fourth-order valence-corrected chi connectivity index (χ4v) is 1.85. The van der Waals surface area contributed by atoms with Crippen LogP contribution in [0.5, 0.6) is 0 Å². The summed E-state index contributed by atoms with van der Waals surface area (Å²) < 4.78 is 0. The van der Waals surface area contributed by atoms with Gasteiger partial charge in [0.2, 0.25) is 0 Å². The van der Waals surface area contributed by atoms with Gasteiger partial charge in [0.25, 0.3) is 5.91 Å². The van der Waals surface area contributed by atoms with Gasteiger partial charge in [-0.15, -0.1) is 0 Å². The molecule has 0 radical (unpaired) electrons. The number of hydrogen-bond donors (Lipinski definition) is 3. The van der Waals surface area contributed by atoms with Gasteiger partial charge < -0.3 is 16.2 Å². The number of nitrogens with one attached hydrogen (secondary N) is 1. The van der Waals surface area contributed by atoms with E-state index in [1.54, 1.807) is 48.5 Å². The molecule has 0 saturated carbocycles. The largest absolute Gasteiger partial charge is 0.399 e. The van der Waals surface area contributed by atoms with Crippen LogP contribution in [0, 0.1) is 0 Å². The van der Waals surface area contributed by atoms with E-state index in [1.807, 2.05) is 0 Å². The molecule has 0 spiro atoms. The Morgan fingerprint density at radius 3 is 2.35 bits per heavy atom. The van der Waals surface area contributed by atoms with E-state index in [4.69, 9.17) is 17.3 Å². The smallest absolute Gasteiger partial charge is 0.251 e. The summed E-state index contributed by atoms with van der Waals surface area (Å²) in [5, 5.41) is 13.2. The Balaban J connectivity index is 1.92. The minimum Gasteiger partial charge on any atom is -0.399 e. The Hall–Kier alpha value is -2.04. The van der Waals surface area contributed by atoms with Gasteiger partial charge in [-0.3, -0.25) is 4.79 Å². The zero-order valence-corrected chi connectivity index (χ0v) is 11.5. The maximum atomic E-state index is 11.9. The lowest BCUT2D eigenvalue weighted by molar-refractivity contribution is 0.0916. The second-order valence-electron chi connectivity index (χ2n) is 4.40. The minimum atomic E-state index is -0.771. The molecular weight excluding hydrogens is 276 g/mol. The van der Waals surface area contributed by atoms with Crippen LogP contribution >= 0.6 is 11.6 Å². The molecule has 2 aromatic carbocycles. The van der Waals surface area contributed by atoms with E-state index < -0.39 is 6.10 Å². The molecule has 104 valence electrons. The van der Waals surface area contributed by atoms with Gasteiger partial charge in [0.05, 0.1) is 6.10 Å². The first-order valence-electron chi connectivity index (χ1n) is 6.13. The predicted molar refractivity (Wildman–Crippen MR) is 79.6 cm³/mol. The number of rotatable bonds is 4. The second-order valence-corrected chi connectivity index (χ2v) is 4.84. The van der Waals surface area contributed by atoms with E-state index in [2.05, 4.69) is 5.32 Å². The van der Waals surface area contributed by atoms with Gasteiger partial charge in [0.1, 0.15) is 0 Å². The highest BCUT2D eigenvalue weighted by Gasteiger charge is 2.10. The van der Waals surface area contributed by atoms with Crippen LogP contribution in [0.1, 0.15) is 22.0 Å². The van der Waals surface area contributed by atoms with Crippen molar-refractivity contribution in [2.45, 2.75) is 6.10 Å². The van der Waals surface area contributed by atoms with Crippen molar-refractivity contribution < 1.29 is 9.90 Å². The van der Waals surface area contributed by atoms with Crippen LogP contribution < -0.4 is 11.1 Å². The van der Waals surface area contributed by atoms with Gasteiger partial charge in [-0.2, -0.15) is 0 Å². The van der Waals surface area contributed by atoms with Gasteiger partial charge in [-0.25, -0.2) is 0 Å². The van der Waals surface area contributed by atoms with E-state index in [-0.39, 0.29) is 12.5 Å². The molecule has 1 amide bonds. The maximum Gasteiger partial charge on any atom is 0.251 e. The van der Waals surface area contributed by atoms with Crippen LogP contribution in [-0.2, 0) is 0 Å². The molecule has 2 rings (SSSR count). The summed E-state index contributed by atoms with van der Waals surface area (Å²) in [5.41, 5.74) is 7.41. The van der Waals surface area contributed by atoms with E-state index in [1.165, 1.54) is 0 Å². The van der Waals surface area contributed by atoms with Gasteiger partial charge in [0.15, 0.2) is 0 Å². The van der Waals surface area contributed by atoms with Crippen LogP contribution in [0.15, 0.2) is 48.5 Å². The first-order valence-corrected chi connectivity index (χ1v) is 6.51. The molecule has 20 heavy (non-hydrogen) atoms. The minimum absolute atomic E-state index is 0.130. The second kappa shape index (κ2) is 6.41. The molecule has 5 heteroatoms. The van der Waals surface area contributed by atoms with Crippen LogP contribution in [0.3, 0.4) is 0 Å². The summed E-state index contributed by atoms with van der Waals surface area (Å²) in [4.78, 5) is 11.9. The molecule has 1 unspecified atom stereocenters. The molecule has 4 N–H and O–H groups in total. The third-order valence-electron chi connectivity index (χ3n) is 2.88. The lowest BCUT2D eigenvalue weighted by Crippen LogP contribution is -2.28. The van der Waals surface area contributed by atoms with Crippen LogP contribution in [-0.4, -0.2) is 17.6 Å². The van der Waals surface area contributed by atoms with Gasteiger partial charge in [-0.05, 0) is 42.0 Å². The monoisotopic (exact) mass is 290 g/mol. The molecular formula is C15H15ClN2O2. The zero-order chi connectivity index (χ0) is 14.5. The highest BCUT2D eigenvalue weighted by Crippen LogP contribution is 2.14. The Morgan fingerprint density at radius 1 is 1.15 bits per heavy atom. The number of carbonyl (C=O) groups excluding carboxylic acids is 1. The number of aliphatic hydroxyl groups is 1. The Labute approximate surface area is 122 Å². The van der Waals surface area contributed by atoms with E-state index >= 15 is 0 Å². The van der Waals surface area contributed by atoms with Crippen LogP contribution in [0.25, 0.3) is 0 Å². The number of amides is 1. The summed E-state index contributed by atoms with van der Waals surface area (Å²) in [7, 11) is 0. The van der Waals surface area contributed by atoms with Crippen molar-refractivity contribution >= 4 is 23.2 Å². The van der Waals surface area contributed by atoms with Crippen molar-refractivity contribution in [3.63, 3.8) is 0 Å². The number of anilines is 1. The van der Waals surface area contributed by atoms with Crippen molar-refractivity contribution in [3.8, 4) is 0 Å². The molecule has 0 bridgehead atoms. The topological polar surface area (TPSA) is 75.3 Å². The standard InChI is InChI=1S/C15H15ClN2O2/c16-12-5-1-11(2-6-12)15(20)18-9-14(19)10-3-7-13(17)8-4-10/h1-8,14,19H,9,17H2,(H,18,20). The van der Waals surface area contributed by atoms with E-state index in [9.17, 15) is 9.90 Å². The first-order chi connectivity index (χ1) is 9.56. The van der Waals surface area contributed by atoms with Gasteiger partial charge in [-0.1, -0.05) is 23.7 Å². The van der Waals surface area contributed by atoms with Gasteiger partial charge >= 0.3 is 0 Å². The predicted octanol–water partition coefficient (Wildman–Crippen LogP) is 2.39. The van der Waals surface area contributed by atoms with Crippen molar-refractivity contribution in [3.05, 3.63) is 64.7 Å². The normalized spacial score (nSPS) is 11.9. The number of hydrogen-bond acceptors (Lipinski definition) is 3. The summed E-state index contributed by atoms with van der Waals surface area (Å²) >= 11 is 5.75. The molecule has 0 aromatic heterocycles. The number of aliphatic hydroxyl groups excluding tert-OH is 1. The summed E-state index contributed by atoms with van der Waals surface area (Å²) in [5.74, 6) is -0.254. The molecule has 0 heterocycles. The van der Waals surface area contributed by atoms with Crippen molar-refractivity contribution in [1.82, 2.24) is 5.32 Å².